The second-order valence-electron chi connectivity index (χ2n) is 5.56. The van der Waals surface area contributed by atoms with Crippen LogP contribution in [0, 0.1) is 5.82 Å². The molecule has 0 saturated carbocycles. The average Bonchev–Trinajstić information content (AvgIpc) is 3.25. The molecule has 0 bridgehead atoms. The Labute approximate surface area is 137 Å². The topological polar surface area (TPSA) is 25.2 Å². The van der Waals surface area contributed by atoms with Crippen molar-refractivity contribution in [2.75, 3.05) is 6.54 Å². The van der Waals surface area contributed by atoms with Gasteiger partial charge in [-0.1, -0.05) is 18.2 Å². The highest BCUT2D eigenvalue weighted by molar-refractivity contribution is 7.12. The molecule has 3 heterocycles. The number of aromatic nitrogens is 1. The maximum absolute atomic E-state index is 13.3. The van der Waals surface area contributed by atoms with E-state index in [-0.39, 0.29) is 17.8 Å². The number of rotatable bonds is 2. The Bertz CT molecular complexity index is 823. The standard InChI is InChI=1S/C18H15FN2OS/c19-14-7-5-13(6-8-14)17-15-3-1-9-20(15)10-11-21(17)18(22)16-4-2-12-23-16/h1-9,12,17H,10-11H2. The highest BCUT2D eigenvalue weighted by atomic mass is 32.1. The van der Waals surface area contributed by atoms with Crippen LogP contribution in [0.1, 0.15) is 27.0 Å². The van der Waals surface area contributed by atoms with Gasteiger partial charge in [0.15, 0.2) is 0 Å². The van der Waals surface area contributed by atoms with Gasteiger partial charge in [0.05, 0.1) is 10.9 Å². The Morgan fingerprint density at radius 3 is 2.65 bits per heavy atom. The SMILES string of the molecule is O=C(c1cccs1)N1CCn2cccc2C1c1ccc(F)cc1. The predicted octanol–water partition coefficient (Wildman–Crippen LogP) is 3.93. The summed E-state index contributed by atoms with van der Waals surface area (Å²) in [6.45, 7) is 1.41. The Morgan fingerprint density at radius 2 is 1.91 bits per heavy atom. The summed E-state index contributed by atoms with van der Waals surface area (Å²) < 4.78 is 15.4. The van der Waals surface area contributed by atoms with Crippen molar-refractivity contribution in [1.82, 2.24) is 9.47 Å². The van der Waals surface area contributed by atoms with E-state index in [0.717, 1.165) is 22.7 Å². The summed E-state index contributed by atoms with van der Waals surface area (Å²) in [6, 6.07) is 14.0. The van der Waals surface area contributed by atoms with Gasteiger partial charge >= 0.3 is 0 Å². The van der Waals surface area contributed by atoms with Crippen molar-refractivity contribution in [2.24, 2.45) is 0 Å². The molecule has 2 aromatic heterocycles. The zero-order valence-corrected chi connectivity index (χ0v) is 13.2. The molecule has 4 rings (SSSR count). The lowest BCUT2D eigenvalue weighted by Gasteiger charge is -2.37. The van der Waals surface area contributed by atoms with E-state index in [2.05, 4.69) is 4.57 Å². The molecular formula is C18H15FN2OS. The van der Waals surface area contributed by atoms with Gasteiger partial charge in [-0.05, 0) is 41.3 Å². The van der Waals surface area contributed by atoms with E-state index in [4.69, 9.17) is 0 Å². The molecule has 3 aromatic rings. The molecule has 0 radical (unpaired) electrons. The molecule has 23 heavy (non-hydrogen) atoms. The van der Waals surface area contributed by atoms with Crippen LogP contribution in [0.25, 0.3) is 0 Å². The molecule has 3 nitrogen and oxygen atoms in total. The number of carbonyl (C=O) groups excluding carboxylic acids is 1. The second kappa shape index (κ2) is 5.66. The van der Waals surface area contributed by atoms with Crippen LogP contribution in [0.3, 0.4) is 0 Å². The minimum atomic E-state index is -0.268. The van der Waals surface area contributed by atoms with Crippen LogP contribution in [0.4, 0.5) is 4.39 Å². The first-order valence-corrected chi connectivity index (χ1v) is 8.37. The first kappa shape index (κ1) is 14.2. The first-order valence-electron chi connectivity index (χ1n) is 7.49. The van der Waals surface area contributed by atoms with Gasteiger partial charge in [0, 0.05) is 25.0 Å². The van der Waals surface area contributed by atoms with E-state index in [0.29, 0.717) is 6.54 Å². The fourth-order valence-corrected chi connectivity index (χ4v) is 3.82. The predicted molar refractivity (Wildman–Crippen MR) is 88.0 cm³/mol. The second-order valence-corrected chi connectivity index (χ2v) is 6.50. The summed E-state index contributed by atoms with van der Waals surface area (Å²) >= 11 is 1.45. The zero-order chi connectivity index (χ0) is 15.8. The third kappa shape index (κ3) is 2.47. The van der Waals surface area contributed by atoms with Gasteiger partial charge in [-0.2, -0.15) is 0 Å². The molecule has 1 aromatic carbocycles. The molecule has 1 amide bonds. The number of halogens is 1. The van der Waals surface area contributed by atoms with Crippen LogP contribution in [0.5, 0.6) is 0 Å². The van der Waals surface area contributed by atoms with E-state index < -0.39 is 0 Å². The highest BCUT2D eigenvalue weighted by Gasteiger charge is 2.32. The Balaban J connectivity index is 1.79. The third-order valence-electron chi connectivity index (χ3n) is 4.22. The first-order chi connectivity index (χ1) is 11.2. The lowest BCUT2D eigenvalue weighted by atomic mass is 9.99. The van der Waals surface area contributed by atoms with E-state index in [1.807, 2.05) is 40.7 Å². The summed E-state index contributed by atoms with van der Waals surface area (Å²) in [6.07, 6.45) is 2.03. The fourth-order valence-electron chi connectivity index (χ4n) is 3.14. The van der Waals surface area contributed by atoms with E-state index in [1.54, 1.807) is 12.1 Å². The Kier molecular flexibility index (Phi) is 3.50. The van der Waals surface area contributed by atoms with Gasteiger partial charge in [0.1, 0.15) is 5.82 Å². The molecule has 1 aliphatic rings. The van der Waals surface area contributed by atoms with Gasteiger partial charge in [0.25, 0.3) is 5.91 Å². The molecule has 0 N–H and O–H groups in total. The smallest absolute Gasteiger partial charge is 0.264 e. The van der Waals surface area contributed by atoms with Crippen LogP contribution in [0.2, 0.25) is 0 Å². The van der Waals surface area contributed by atoms with Crippen molar-refractivity contribution < 1.29 is 9.18 Å². The normalized spacial score (nSPS) is 17.1. The number of thiophene rings is 1. The molecule has 5 heteroatoms. The van der Waals surface area contributed by atoms with Crippen molar-refractivity contribution in [3.8, 4) is 0 Å². The Morgan fingerprint density at radius 1 is 1.09 bits per heavy atom. The van der Waals surface area contributed by atoms with Gasteiger partial charge < -0.3 is 9.47 Å². The van der Waals surface area contributed by atoms with Crippen molar-refractivity contribution in [3.05, 3.63) is 82.1 Å². The van der Waals surface area contributed by atoms with Gasteiger partial charge in [-0.25, -0.2) is 4.39 Å². The van der Waals surface area contributed by atoms with Gasteiger partial charge in [-0.15, -0.1) is 11.3 Å². The van der Waals surface area contributed by atoms with Crippen LogP contribution in [-0.2, 0) is 6.54 Å². The van der Waals surface area contributed by atoms with Crippen LogP contribution < -0.4 is 0 Å². The van der Waals surface area contributed by atoms with Gasteiger partial charge in [0.2, 0.25) is 0 Å². The van der Waals surface area contributed by atoms with E-state index in [9.17, 15) is 9.18 Å². The quantitative estimate of drug-likeness (QED) is 0.700. The number of hydrogen-bond acceptors (Lipinski definition) is 2. The van der Waals surface area contributed by atoms with Crippen molar-refractivity contribution in [1.29, 1.82) is 0 Å². The summed E-state index contributed by atoms with van der Waals surface area (Å²) in [5.41, 5.74) is 1.99. The summed E-state index contributed by atoms with van der Waals surface area (Å²) in [4.78, 5) is 15.5. The molecule has 116 valence electrons. The molecule has 1 unspecified atom stereocenters. The third-order valence-corrected chi connectivity index (χ3v) is 5.07. The minimum Gasteiger partial charge on any atom is -0.348 e. The van der Waals surface area contributed by atoms with Gasteiger partial charge in [-0.3, -0.25) is 4.79 Å². The molecule has 1 aliphatic heterocycles. The lowest BCUT2D eigenvalue weighted by Crippen LogP contribution is -2.42. The number of amides is 1. The number of hydrogen-bond donors (Lipinski definition) is 0. The maximum atomic E-state index is 13.3. The highest BCUT2D eigenvalue weighted by Crippen LogP contribution is 2.34. The van der Waals surface area contributed by atoms with Crippen molar-refractivity contribution >= 4 is 17.2 Å². The summed E-state index contributed by atoms with van der Waals surface area (Å²) in [5, 5.41) is 1.91. The monoisotopic (exact) mass is 326 g/mol. The largest absolute Gasteiger partial charge is 0.348 e. The maximum Gasteiger partial charge on any atom is 0.264 e. The Hall–Kier alpha value is -2.40. The number of carbonyl (C=O) groups is 1. The van der Waals surface area contributed by atoms with Crippen LogP contribution >= 0.6 is 11.3 Å². The molecule has 0 spiro atoms. The summed E-state index contributed by atoms with van der Waals surface area (Å²) in [7, 11) is 0. The minimum absolute atomic E-state index is 0.0294. The van der Waals surface area contributed by atoms with Crippen LogP contribution in [0.15, 0.2) is 60.1 Å². The molecule has 0 aliphatic carbocycles. The lowest BCUT2D eigenvalue weighted by molar-refractivity contribution is 0.0669. The molecular weight excluding hydrogens is 311 g/mol. The number of nitrogens with zero attached hydrogens (tertiary/aromatic N) is 2. The van der Waals surface area contributed by atoms with Crippen LogP contribution in [-0.4, -0.2) is 21.9 Å². The molecule has 0 saturated heterocycles. The molecule has 0 fully saturated rings. The van der Waals surface area contributed by atoms with E-state index >= 15 is 0 Å². The fraction of sp³-hybridized carbons (Fsp3) is 0.167. The molecule has 1 atom stereocenters. The zero-order valence-electron chi connectivity index (χ0n) is 12.4. The van der Waals surface area contributed by atoms with Crippen molar-refractivity contribution in [3.63, 3.8) is 0 Å². The number of benzene rings is 1. The number of fused-ring (bicyclic) bond motifs is 1. The average molecular weight is 326 g/mol. The van der Waals surface area contributed by atoms with E-state index in [1.165, 1.54) is 23.5 Å². The summed E-state index contributed by atoms with van der Waals surface area (Å²) in [5.74, 6) is -0.238. The van der Waals surface area contributed by atoms with Crippen molar-refractivity contribution in [2.45, 2.75) is 12.6 Å².